The van der Waals surface area contributed by atoms with Gasteiger partial charge >= 0.3 is 0 Å². The molecule has 4 rings (SSSR count). The van der Waals surface area contributed by atoms with Gasteiger partial charge in [-0.25, -0.2) is 0 Å². The Labute approximate surface area is 151 Å². The van der Waals surface area contributed by atoms with Crippen molar-refractivity contribution in [3.05, 3.63) is 20.8 Å². The Hall–Kier alpha value is -0.980. The first-order chi connectivity index (χ1) is 11.2. The highest BCUT2D eigenvalue weighted by Gasteiger charge is 2.17. The molecule has 0 saturated heterocycles. The first kappa shape index (κ1) is 15.5. The van der Waals surface area contributed by atoms with Crippen LogP contribution in [0.3, 0.4) is 0 Å². The zero-order valence-corrected chi connectivity index (χ0v) is 16.4. The maximum Gasteiger partial charge on any atom is 0.122 e. The molecule has 3 aromatic heterocycles. The van der Waals surface area contributed by atoms with Crippen molar-refractivity contribution in [1.29, 1.82) is 0 Å². The molecule has 0 amide bonds. The first-order valence-electron chi connectivity index (χ1n) is 8.03. The van der Waals surface area contributed by atoms with Crippen LogP contribution in [0.1, 0.15) is 37.5 Å². The summed E-state index contributed by atoms with van der Waals surface area (Å²) in [6, 6.07) is 4.44. The molecule has 0 aliphatic heterocycles. The molecule has 0 aliphatic rings. The number of aromatic nitrogens is 3. The molecule has 0 radical (unpaired) electrons. The molecule has 4 aromatic rings. The van der Waals surface area contributed by atoms with Gasteiger partial charge in [0, 0.05) is 15.6 Å². The molecule has 23 heavy (non-hydrogen) atoms. The van der Waals surface area contributed by atoms with Crippen LogP contribution in [0.2, 0.25) is 0 Å². The van der Waals surface area contributed by atoms with Crippen molar-refractivity contribution in [2.24, 2.45) is 0 Å². The number of thiophene rings is 2. The van der Waals surface area contributed by atoms with E-state index < -0.39 is 0 Å². The van der Waals surface area contributed by atoms with Gasteiger partial charge in [0.15, 0.2) is 0 Å². The smallest absolute Gasteiger partial charge is 0.122 e. The number of halogens is 1. The second-order valence-corrected chi connectivity index (χ2v) is 9.63. The lowest BCUT2D eigenvalue weighted by atomic mass is 10.1. The first-order valence-corrected chi connectivity index (χ1v) is 10.5. The predicted octanol–water partition coefficient (Wildman–Crippen LogP) is 6.51. The van der Waals surface area contributed by atoms with E-state index in [1.54, 1.807) is 11.3 Å². The zero-order valence-electron chi connectivity index (χ0n) is 13.2. The Bertz CT molecular complexity index is 922. The lowest BCUT2D eigenvalue weighted by Gasteiger charge is -1.98. The third-order valence-electron chi connectivity index (χ3n) is 4.14. The van der Waals surface area contributed by atoms with E-state index in [2.05, 4.69) is 41.9 Å². The van der Waals surface area contributed by atoms with Crippen molar-refractivity contribution >= 4 is 69.8 Å². The van der Waals surface area contributed by atoms with E-state index in [0.717, 1.165) is 27.8 Å². The van der Waals surface area contributed by atoms with Gasteiger partial charge in [0.05, 0.1) is 19.7 Å². The monoisotopic (exact) mass is 407 g/mol. The highest BCUT2D eigenvalue weighted by atomic mass is 79.9. The Morgan fingerprint density at radius 2 is 1.70 bits per heavy atom. The molecule has 120 valence electrons. The molecule has 0 fully saturated rings. The average molecular weight is 408 g/mol. The molecule has 0 N–H and O–H groups in total. The minimum Gasteiger partial charge on any atom is -0.184 e. The molecule has 3 nitrogen and oxygen atoms in total. The van der Waals surface area contributed by atoms with Crippen LogP contribution in [-0.4, -0.2) is 15.0 Å². The fraction of sp³-hybridized carbons (Fsp3) is 0.412. The lowest BCUT2D eigenvalue weighted by Crippen LogP contribution is -2.01. The van der Waals surface area contributed by atoms with E-state index in [0.29, 0.717) is 0 Å². The maximum absolute atomic E-state index is 4.81. The van der Waals surface area contributed by atoms with Gasteiger partial charge in [0.25, 0.3) is 0 Å². The zero-order chi connectivity index (χ0) is 16.0. The molecule has 0 unspecified atom stereocenters. The van der Waals surface area contributed by atoms with Crippen molar-refractivity contribution in [3.8, 4) is 0 Å². The summed E-state index contributed by atoms with van der Waals surface area (Å²) in [6.45, 7) is 5.31. The SMILES string of the molecule is CCCCCCn1nc2c3cc(C)sc3c3sc(Br)cc3c2n1. The molecular weight excluding hydrogens is 390 g/mol. The fourth-order valence-corrected chi connectivity index (χ4v) is 5.83. The van der Waals surface area contributed by atoms with Crippen molar-refractivity contribution in [3.63, 3.8) is 0 Å². The molecule has 0 bridgehead atoms. The number of aryl methyl sites for hydroxylation is 2. The Balaban J connectivity index is 1.88. The van der Waals surface area contributed by atoms with Gasteiger partial charge in [-0.05, 0) is 41.4 Å². The van der Waals surface area contributed by atoms with Gasteiger partial charge in [0.2, 0.25) is 0 Å². The summed E-state index contributed by atoms with van der Waals surface area (Å²) < 4.78 is 3.83. The minimum atomic E-state index is 0.909. The van der Waals surface area contributed by atoms with Crippen molar-refractivity contribution in [2.45, 2.75) is 46.1 Å². The molecule has 0 atom stereocenters. The summed E-state index contributed by atoms with van der Waals surface area (Å²) in [6.07, 6.45) is 4.95. The largest absolute Gasteiger partial charge is 0.184 e. The van der Waals surface area contributed by atoms with Crippen LogP contribution in [0.5, 0.6) is 0 Å². The maximum atomic E-state index is 4.81. The van der Waals surface area contributed by atoms with E-state index in [-0.39, 0.29) is 0 Å². The summed E-state index contributed by atoms with van der Waals surface area (Å²) in [5.41, 5.74) is 2.10. The van der Waals surface area contributed by atoms with Crippen LogP contribution in [0, 0.1) is 6.92 Å². The quantitative estimate of drug-likeness (QED) is 0.352. The Kier molecular flexibility index (Phi) is 4.15. The number of hydrogen-bond donors (Lipinski definition) is 0. The van der Waals surface area contributed by atoms with Crippen LogP contribution in [0.4, 0.5) is 0 Å². The highest BCUT2D eigenvalue weighted by molar-refractivity contribution is 9.11. The summed E-state index contributed by atoms with van der Waals surface area (Å²) in [5.74, 6) is 0. The lowest BCUT2D eigenvalue weighted by molar-refractivity contribution is 0.495. The molecule has 6 heteroatoms. The van der Waals surface area contributed by atoms with E-state index in [1.165, 1.54) is 44.3 Å². The molecule has 0 aliphatic carbocycles. The topological polar surface area (TPSA) is 30.7 Å². The van der Waals surface area contributed by atoms with E-state index in [9.17, 15) is 0 Å². The van der Waals surface area contributed by atoms with E-state index >= 15 is 0 Å². The molecule has 1 aromatic carbocycles. The summed E-state index contributed by atoms with van der Waals surface area (Å²) in [7, 11) is 0. The standard InChI is InChI=1S/C17H18BrN3S2/c1-3-4-5-6-7-21-19-14-11-8-10(2)22-16(11)17-12(15(14)20-21)9-13(18)23-17/h8-9H,3-7H2,1-2H3. The number of benzene rings is 1. The molecule has 0 saturated carbocycles. The highest BCUT2D eigenvalue weighted by Crippen LogP contribution is 2.43. The number of fused-ring (bicyclic) bond motifs is 6. The van der Waals surface area contributed by atoms with Crippen molar-refractivity contribution in [1.82, 2.24) is 15.0 Å². The second-order valence-electron chi connectivity index (χ2n) is 5.95. The van der Waals surface area contributed by atoms with Crippen molar-refractivity contribution < 1.29 is 0 Å². The minimum absolute atomic E-state index is 0.909. The van der Waals surface area contributed by atoms with E-state index in [1.807, 2.05) is 16.1 Å². The predicted molar refractivity (Wildman–Crippen MR) is 105 cm³/mol. The summed E-state index contributed by atoms with van der Waals surface area (Å²) in [5, 5.41) is 12.1. The number of nitrogens with zero attached hydrogens (tertiary/aromatic N) is 3. The van der Waals surface area contributed by atoms with Gasteiger partial charge in [-0.3, -0.25) is 0 Å². The third-order valence-corrected chi connectivity index (χ3v) is 6.99. The van der Waals surface area contributed by atoms with Gasteiger partial charge in [0.1, 0.15) is 11.0 Å². The number of unbranched alkanes of at least 4 members (excludes halogenated alkanes) is 3. The van der Waals surface area contributed by atoms with Crippen LogP contribution < -0.4 is 0 Å². The normalized spacial score (nSPS) is 12.1. The third kappa shape index (κ3) is 2.71. The van der Waals surface area contributed by atoms with Crippen LogP contribution in [-0.2, 0) is 6.54 Å². The summed E-state index contributed by atoms with van der Waals surface area (Å²) >= 11 is 7.29. The van der Waals surface area contributed by atoms with E-state index in [4.69, 9.17) is 10.2 Å². The van der Waals surface area contributed by atoms with Gasteiger partial charge in [-0.1, -0.05) is 26.2 Å². The Morgan fingerprint density at radius 3 is 2.43 bits per heavy atom. The van der Waals surface area contributed by atoms with Crippen molar-refractivity contribution in [2.75, 3.05) is 0 Å². The van der Waals surface area contributed by atoms with Crippen LogP contribution in [0.25, 0.3) is 31.2 Å². The summed E-state index contributed by atoms with van der Waals surface area (Å²) in [4.78, 5) is 3.23. The number of rotatable bonds is 5. The second kappa shape index (κ2) is 6.15. The average Bonchev–Trinajstić information content (AvgIpc) is 3.19. The van der Waals surface area contributed by atoms with Crippen LogP contribution in [0.15, 0.2) is 15.9 Å². The van der Waals surface area contributed by atoms with Gasteiger partial charge < -0.3 is 0 Å². The fourth-order valence-electron chi connectivity index (χ4n) is 3.06. The Morgan fingerprint density at radius 1 is 1.00 bits per heavy atom. The molecule has 0 spiro atoms. The molecule has 3 heterocycles. The van der Waals surface area contributed by atoms with Gasteiger partial charge in [-0.15, -0.1) is 22.7 Å². The molecular formula is C17H18BrN3S2. The van der Waals surface area contributed by atoms with Crippen LogP contribution >= 0.6 is 38.6 Å². The number of hydrogen-bond acceptors (Lipinski definition) is 4. The van der Waals surface area contributed by atoms with Gasteiger partial charge in [-0.2, -0.15) is 15.0 Å².